The lowest BCUT2D eigenvalue weighted by Gasteiger charge is -2.23. The van der Waals surface area contributed by atoms with Gasteiger partial charge in [-0.15, -0.1) is 0 Å². The van der Waals surface area contributed by atoms with Crippen LogP contribution in [0.15, 0.2) is 30.3 Å². The Kier molecular flexibility index (Phi) is 4.39. The van der Waals surface area contributed by atoms with E-state index in [0.29, 0.717) is 13.1 Å². The summed E-state index contributed by atoms with van der Waals surface area (Å²) in [5, 5.41) is 9.73. The first-order valence-electron chi connectivity index (χ1n) is 8.21. The molecule has 0 spiro atoms. The van der Waals surface area contributed by atoms with Crippen molar-refractivity contribution >= 4 is 11.9 Å². The molecule has 1 heterocycles. The van der Waals surface area contributed by atoms with E-state index in [-0.39, 0.29) is 30.5 Å². The molecule has 1 saturated carbocycles. The molecule has 2 aliphatic rings. The van der Waals surface area contributed by atoms with Gasteiger partial charge in [0.1, 0.15) is 5.92 Å². The van der Waals surface area contributed by atoms with E-state index >= 15 is 0 Å². The number of rotatable bonds is 6. The molecule has 2 fully saturated rings. The molecule has 1 aromatic carbocycles. The minimum absolute atomic E-state index is 0.0278. The van der Waals surface area contributed by atoms with Gasteiger partial charge in [0.2, 0.25) is 5.91 Å². The van der Waals surface area contributed by atoms with Crippen LogP contribution in [0.1, 0.15) is 25.3 Å². The van der Waals surface area contributed by atoms with Crippen molar-refractivity contribution in [2.24, 2.45) is 17.3 Å². The van der Waals surface area contributed by atoms with Crippen LogP contribution < -0.4 is 0 Å². The fourth-order valence-corrected chi connectivity index (χ4v) is 3.60. The summed E-state index contributed by atoms with van der Waals surface area (Å²) in [6.45, 7) is 3.04. The van der Waals surface area contributed by atoms with E-state index in [4.69, 9.17) is 4.74 Å². The van der Waals surface area contributed by atoms with Gasteiger partial charge < -0.3 is 14.7 Å². The highest BCUT2D eigenvalue weighted by Crippen LogP contribution is 2.56. The second-order valence-electron chi connectivity index (χ2n) is 6.56. The first-order chi connectivity index (χ1) is 11.1. The van der Waals surface area contributed by atoms with Crippen molar-refractivity contribution in [3.8, 4) is 0 Å². The Labute approximate surface area is 136 Å². The molecule has 1 aromatic rings. The summed E-state index contributed by atoms with van der Waals surface area (Å²) in [7, 11) is 0. The second kappa shape index (κ2) is 6.32. The lowest BCUT2D eigenvalue weighted by molar-refractivity contribution is -0.154. The molecule has 0 aromatic heterocycles. The zero-order valence-electron chi connectivity index (χ0n) is 13.4. The van der Waals surface area contributed by atoms with Crippen molar-refractivity contribution in [1.82, 2.24) is 4.90 Å². The zero-order chi connectivity index (χ0) is 16.4. The van der Waals surface area contributed by atoms with E-state index in [1.165, 1.54) is 0 Å². The number of likely N-dealkylation sites (tertiary alicyclic amines) is 1. The van der Waals surface area contributed by atoms with Crippen LogP contribution in [0, 0.1) is 17.3 Å². The molecule has 1 N–H and O–H groups in total. The number of aliphatic hydroxyl groups is 1. The highest BCUT2D eigenvalue weighted by atomic mass is 16.5. The lowest BCUT2D eigenvalue weighted by Crippen LogP contribution is -2.35. The molecule has 0 bridgehead atoms. The third kappa shape index (κ3) is 2.98. The molecule has 124 valence electrons. The highest BCUT2D eigenvalue weighted by Gasteiger charge is 2.59. The van der Waals surface area contributed by atoms with Gasteiger partial charge in [-0.3, -0.25) is 9.59 Å². The smallest absolute Gasteiger partial charge is 0.318 e. The first-order valence-corrected chi connectivity index (χ1v) is 8.21. The summed E-state index contributed by atoms with van der Waals surface area (Å²) < 4.78 is 5.12. The minimum atomic E-state index is -0.770. The molecule has 1 saturated heterocycles. The molecule has 5 nitrogen and oxygen atoms in total. The number of benzene rings is 1. The summed E-state index contributed by atoms with van der Waals surface area (Å²) in [6.07, 6.45) is 1.74. The third-order valence-corrected chi connectivity index (χ3v) is 5.15. The summed E-state index contributed by atoms with van der Waals surface area (Å²) >= 11 is 0. The average Bonchev–Trinajstić information content (AvgIpc) is 3.29. The number of carbonyl (C=O) groups is 2. The number of esters is 1. The van der Waals surface area contributed by atoms with Crippen molar-refractivity contribution in [2.45, 2.75) is 26.3 Å². The van der Waals surface area contributed by atoms with Gasteiger partial charge in [0, 0.05) is 25.6 Å². The van der Waals surface area contributed by atoms with E-state index in [9.17, 15) is 14.7 Å². The normalized spacial score (nSPS) is 25.5. The predicted molar refractivity (Wildman–Crippen MR) is 84.2 cm³/mol. The standard InChI is InChI=1S/C18H23NO4/c1-2-23-17(22)15-14(18(12-20)8-9-18)11-19(16(15)21)10-13-6-4-3-5-7-13/h3-7,14-15,20H,2,8-12H2,1H3. The van der Waals surface area contributed by atoms with Crippen LogP contribution >= 0.6 is 0 Å². The molecule has 2 atom stereocenters. The van der Waals surface area contributed by atoms with Gasteiger partial charge in [0.05, 0.1) is 6.61 Å². The Balaban J connectivity index is 1.81. The van der Waals surface area contributed by atoms with Crippen molar-refractivity contribution < 1.29 is 19.4 Å². The third-order valence-electron chi connectivity index (χ3n) is 5.15. The van der Waals surface area contributed by atoms with Gasteiger partial charge in [0.25, 0.3) is 0 Å². The van der Waals surface area contributed by atoms with Crippen molar-refractivity contribution in [1.29, 1.82) is 0 Å². The van der Waals surface area contributed by atoms with Crippen LogP contribution in [0.2, 0.25) is 0 Å². The molecular weight excluding hydrogens is 294 g/mol. The maximum atomic E-state index is 12.8. The largest absolute Gasteiger partial charge is 0.465 e. The molecule has 1 aliphatic heterocycles. The summed E-state index contributed by atoms with van der Waals surface area (Å²) in [5.74, 6) is -1.54. The van der Waals surface area contributed by atoms with E-state index in [2.05, 4.69) is 0 Å². The second-order valence-corrected chi connectivity index (χ2v) is 6.56. The maximum absolute atomic E-state index is 12.8. The number of hydrogen-bond donors (Lipinski definition) is 1. The Hall–Kier alpha value is -1.88. The molecule has 1 amide bonds. The van der Waals surface area contributed by atoms with Gasteiger partial charge in [-0.05, 0) is 30.7 Å². The van der Waals surface area contributed by atoms with E-state index < -0.39 is 11.9 Å². The molecular formula is C18H23NO4. The van der Waals surface area contributed by atoms with Crippen LogP contribution in [0.4, 0.5) is 0 Å². The fraction of sp³-hybridized carbons (Fsp3) is 0.556. The minimum Gasteiger partial charge on any atom is -0.465 e. The van der Waals surface area contributed by atoms with Crippen LogP contribution in [0.3, 0.4) is 0 Å². The molecule has 1 aliphatic carbocycles. The lowest BCUT2D eigenvalue weighted by atomic mass is 9.81. The Bertz CT molecular complexity index is 582. The number of amides is 1. The Morgan fingerprint density at radius 3 is 2.61 bits per heavy atom. The maximum Gasteiger partial charge on any atom is 0.318 e. The monoisotopic (exact) mass is 317 g/mol. The first kappa shape index (κ1) is 16.0. The molecule has 3 rings (SSSR count). The topological polar surface area (TPSA) is 66.8 Å². The van der Waals surface area contributed by atoms with Gasteiger partial charge in [-0.1, -0.05) is 30.3 Å². The molecule has 5 heteroatoms. The SMILES string of the molecule is CCOC(=O)C1C(=O)N(Cc2ccccc2)CC1C1(CO)CC1. The van der Waals surface area contributed by atoms with E-state index in [1.54, 1.807) is 11.8 Å². The number of nitrogens with zero attached hydrogens (tertiary/aromatic N) is 1. The highest BCUT2D eigenvalue weighted by molar-refractivity contribution is 6.00. The van der Waals surface area contributed by atoms with Gasteiger partial charge in [-0.2, -0.15) is 0 Å². The van der Waals surface area contributed by atoms with E-state index in [1.807, 2.05) is 30.3 Å². The van der Waals surface area contributed by atoms with Crippen LogP contribution in [-0.4, -0.2) is 41.6 Å². The van der Waals surface area contributed by atoms with Gasteiger partial charge in [-0.25, -0.2) is 0 Å². The zero-order valence-corrected chi connectivity index (χ0v) is 13.4. The van der Waals surface area contributed by atoms with Crippen molar-refractivity contribution in [2.75, 3.05) is 19.8 Å². The fourth-order valence-electron chi connectivity index (χ4n) is 3.60. The number of hydrogen-bond acceptors (Lipinski definition) is 4. The quantitative estimate of drug-likeness (QED) is 0.639. The molecule has 0 radical (unpaired) electrons. The summed E-state index contributed by atoms with van der Waals surface area (Å²) in [5.41, 5.74) is 0.761. The Morgan fingerprint density at radius 2 is 2.04 bits per heavy atom. The van der Waals surface area contributed by atoms with Crippen molar-refractivity contribution in [3.05, 3.63) is 35.9 Å². The number of ether oxygens (including phenoxy) is 1. The van der Waals surface area contributed by atoms with Crippen molar-refractivity contribution in [3.63, 3.8) is 0 Å². The number of carbonyl (C=O) groups excluding carboxylic acids is 2. The predicted octanol–water partition coefficient (Wildman–Crippen LogP) is 1.60. The van der Waals surface area contributed by atoms with Crippen LogP contribution in [0.25, 0.3) is 0 Å². The van der Waals surface area contributed by atoms with Gasteiger partial charge in [0.15, 0.2) is 0 Å². The van der Waals surface area contributed by atoms with E-state index in [0.717, 1.165) is 18.4 Å². The van der Waals surface area contributed by atoms with Gasteiger partial charge >= 0.3 is 5.97 Å². The van der Waals surface area contributed by atoms with Crippen LogP contribution in [-0.2, 0) is 20.9 Å². The van der Waals surface area contributed by atoms with Crippen LogP contribution in [0.5, 0.6) is 0 Å². The molecule has 2 unspecified atom stereocenters. The number of aliphatic hydroxyl groups excluding tert-OH is 1. The summed E-state index contributed by atoms with van der Waals surface area (Å²) in [4.78, 5) is 26.8. The summed E-state index contributed by atoms with van der Waals surface area (Å²) in [6, 6.07) is 9.75. The average molecular weight is 317 g/mol. The molecule has 23 heavy (non-hydrogen) atoms. The Morgan fingerprint density at radius 1 is 1.35 bits per heavy atom.